The van der Waals surface area contributed by atoms with E-state index >= 15 is 0 Å². The molecule has 0 radical (unpaired) electrons. The highest BCUT2D eigenvalue weighted by Gasteiger charge is 2.31. The lowest BCUT2D eigenvalue weighted by atomic mass is 9.93. The summed E-state index contributed by atoms with van der Waals surface area (Å²) in [7, 11) is 0. The summed E-state index contributed by atoms with van der Waals surface area (Å²) in [4.78, 5) is 2.30. The van der Waals surface area contributed by atoms with E-state index in [1.165, 1.54) is 12.1 Å². The minimum atomic E-state index is -4.70. The number of hydrogen-bond acceptors (Lipinski definition) is 3. The molecule has 0 aromatic heterocycles. The van der Waals surface area contributed by atoms with Gasteiger partial charge in [0.2, 0.25) is 0 Å². The summed E-state index contributed by atoms with van der Waals surface area (Å²) in [6.07, 6.45) is -4.70. The van der Waals surface area contributed by atoms with Gasteiger partial charge in [-0.1, -0.05) is 35.9 Å². The van der Waals surface area contributed by atoms with Crippen LogP contribution >= 0.6 is 36.4 Å². The van der Waals surface area contributed by atoms with Crippen LogP contribution in [0.3, 0.4) is 0 Å². The van der Waals surface area contributed by atoms with E-state index in [2.05, 4.69) is 15.0 Å². The summed E-state index contributed by atoms with van der Waals surface area (Å²) in [6.45, 7) is 5.37. The number of ether oxygens (including phenoxy) is 1. The number of hydrogen-bond donors (Lipinski definition) is 1. The normalized spacial score (nSPS) is 15.9. The van der Waals surface area contributed by atoms with Gasteiger partial charge in [-0.15, -0.1) is 38.0 Å². The van der Waals surface area contributed by atoms with Crippen molar-refractivity contribution in [3.05, 3.63) is 64.2 Å². The molecule has 1 saturated heterocycles. The van der Waals surface area contributed by atoms with Gasteiger partial charge in [0.1, 0.15) is 5.75 Å². The Balaban J connectivity index is 0.00000196. The maximum Gasteiger partial charge on any atom is 0.573 e. The predicted molar refractivity (Wildman–Crippen MR) is 110 cm³/mol. The van der Waals surface area contributed by atoms with Gasteiger partial charge in [0.05, 0.1) is 6.04 Å². The minimum absolute atomic E-state index is 0. The van der Waals surface area contributed by atoms with Gasteiger partial charge in [0.25, 0.3) is 0 Å². The molecule has 1 aliphatic heterocycles. The van der Waals surface area contributed by atoms with Gasteiger partial charge in [-0.2, -0.15) is 0 Å². The van der Waals surface area contributed by atoms with Crippen LogP contribution in [-0.2, 0) is 0 Å². The molecular weight excluding hydrogens is 436 g/mol. The van der Waals surface area contributed by atoms with Crippen LogP contribution < -0.4 is 10.1 Å². The van der Waals surface area contributed by atoms with Gasteiger partial charge >= 0.3 is 6.36 Å². The number of rotatable bonds is 4. The van der Waals surface area contributed by atoms with Crippen molar-refractivity contribution < 1.29 is 17.9 Å². The standard InChI is InChI=1S/C19H20ClF3N2O.2ClH/c1-13-3-2-4-16(20)17(13)18(25-11-9-24-10-12-25)14-5-7-15(8-6-14)26-19(21,22)23;;/h2-8,18,24H,9-12H2,1H3;2*1H/t18-;;/m1../s1. The van der Waals surface area contributed by atoms with Gasteiger partial charge in [0, 0.05) is 31.2 Å². The van der Waals surface area contributed by atoms with Crippen LogP contribution in [0.4, 0.5) is 13.2 Å². The molecule has 3 nitrogen and oxygen atoms in total. The fraction of sp³-hybridized carbons (Fsp3) is 0.368. The third-order valence-corrected chi connectivity index (χ3v) is 4.82. The van der Waals surface area contributed by atoms with Crippen molar-refractivity contribution in [3.63, 3.8) is 0 Å². The van der Waals surface area contributed by atoms with Crippen molar-refractivity contribution in [2.75, 3.05) is 26.2 Å². The van der Waals surface area contributed by atoms with Gasteiger partial charge < -0.3 is 10.1 Å². The van der Waals surface area contributed by atoms with Gasteiger partial charge in [-0.05, 0) is 41.8 Å². The van der Waals surface area contributed by atoms with E-state index in [1.54, 1.807) is 12.1 Å². The van der Waals surface area contributed by atoms with Gasteiger partial charge in [-0.25, -0.2) is 0 Å². The third-order valence-electron chi connectivity index (χ3n) is 4.49. The summed E-state index contributed by atoms with van der Waals surface area (Å²) in [6, 6.07) is 11.7. The summed E-state index contributed by atoms with van der Waals surface area (Å²) >= 11 is 6.50. The lowest BCUT2D eigenvalue weighted by Gasteiger charge is -2.36. The van der Waals surface area contributed by atoms with Gasteiger partial charge in [-0.3, -0.25) is 4.90 Å². The zero-order chi connectivity index (χ0) is 18.7. The van der Waals surface area contributed by atoms with E-state index in [1.807, 2.05) is 25.1 Å². The molecule has 0 aliphatic carbocycles. The fourth-order valence-electron chi connectivity index (χ4n) is 3.34. The lowest BCUT2D eigenvalue weighted by Crippen LogP contribution is -2.45. The number of halogens is 6. The van der Waals surface area contributed by atoms with Crippen molar-refractivity contribution in [1.82, 2.24) is 10.2 Å². The molecule has 2 aromatic carbocycles. The Hall–Kier alpha value is -1.18. The molecule has 1 heterocycles. The lowest BCUT2D eigenvalue weighted by molar-refractivity contribution is -0.274. The Morgan fingerprint density at radius 2 is 1.64 bits per heavy atom. The zero-order valence-corrected chi connectivity index (χ0v) is 17.5. The van der Waals surface area contributed by atoms with Crippen LogP contribution in [0.1, 0.15) is 22.7 Å². The quantitative estimate of drug-likeness (QED) is 0.667. The second-order valence-electron chi connectivity index (χ2n) is 6.28. The highest BCUT2D eigenvalue weighted by atomic mass is 35.5. The highest BCUT2D eigenvalue weighted by molar-refractivity contribution is 6.31. The molecule has 1 fully saturated rings. The van der Waals surface area contributed by atoms with E-state index in [0.29, 0.717) is 5.02 Å². The Morgan fingerprint density at radius 3 is 2.18 bits per heavy atom. The van der Waals surface area contributed by atoms with E-state index in [0.717, 1.165) is 42.9 Å². The Kier molecular flexibility index (Phi) is 9.37. The smallest absolute Gasteiger partial charge is 0.406 e. The maximum atomic E-state index is 12.4. The number of nitrogens with zero attached hydrogens (tertiary/aromatic N) is 1. The molecule has 0 bridgehead atoms. The first-order valence-corrected chi connectivity index (χ1v) is 8.78. The first-order valence-electron chi connectivity index (χ1n) is 8.40. The molecule has 0 unspecified atom stereocenters. The molecule has 1 atom stereocenters. The molecule has 0 spiro atoms. The summed E-state index contributed by atoms with van der Waals surface area (Å²) < 4.78 is 41.2. The largest absolute Gasteiger partial charge is 0.573 e. The molecule has 2 aromatic rings. The molecule has 1 N–H and O–H groups in total. The van der Waals surface area contributed by atoms with Crippen LogP contribution in [-0.4, -0.2) is 37.4 Å². The van der Waals surface area contributed by atoms with Crippen LogP contribution in [0, 0.1) is 6.92 Å². The van der Waals surface area contributed by atoms with Crippen LogP contribution in [0.5, 0.6) is 5.75 Å². The predicted octanol–water partition coefficient (Wildman–Crippen LogP) is 5.39. The van der Waals surface area contributed by atoms with Crippen LogP contribution in [0.15, 0.2) is 42.5 Å². The van der Waals surface area contributed by atoms with Crippen molar-refractivity contribution in [2.45, 2.75) is 19.3 Å². The van der Waals surface area contributed by atoms with E-state index < -0.39 is 6.36 Å². The number of nitrogens with one attached hydrogen (secondary N) is 1. The first kappa shape index (κ1) is 24.9. The minimum Gasteiger partial charge on any atom is -0.406 e. The molecule has 1 aliphatic rings. The Labute approximate surface area is 180 Å². The van der Waals surface area contributed by atoms with Crippen LogP contribution in [0.2, 0.25) is 5.02 Å². The van der Waals surface area contributed by atoms with E-state index in [4.69, 9.17) is 11.6 Å². The highest BCUT2D eigenvalue weighted by Crippen LogP contribution is 2.36. The Bertz CT molecular complexity index is 731. The number of benzene rings is 2. The monoisotopic (exact) mass is 456 g/mol. The second-order valence-corrected chi connectivity index (χ2v) is 6.68. The number of piperazine rings is 1. The average molecular weight is 458 g/mol. The molecule has 3 rings (SSSR count). The van der Waals surface area contributed by atoms with Crippen molar-refractivity contribution in [2.24, 2.45) is 0 Å². The van der Waals surface area contributed by atoms with E-state index in [-0.39, 0.29) is 36.6 Å². The zero-order valence-electron chi connectivity index (χ0n) is 15.1. The average Bonchev–Trinajstić information content (AvgIpc) is 2.59. The maximum absolute atomic E-state index is 12.4. The molecule has 0 saturated carbocycles. The van der Waals surface area contributed by atoms with Crippen molar-refractivity contribution in [3.8, 4) is 5.75 Å². The first-order chi connectivity index (χ1) is 12.3. The topological polar surface area (TPSA) is 24.5 Å². The molecule has 9 heteroatoms. The Morgan fingerprint density at radius 1 is 1.04 bits per heavy atom. The summed E-state index contributed by atoms with van der Waals surface area (Å²) in [5, 5.41) is 3.97. The number of alkyl halides is 3. The van der Waals surface area contributed by atoms with Crippen LogP contribution in [0.25, 0.3) is 0 Å². The van der Waals surface area contributed by atoms with E-state index in [9.17, 15) is 13.2 Å². The molecule has 156 valence electrons. The summed E-state index contributed by atoms with van der Waals surface area (Å²) in [5.41, 5.74) is 2.93. The molecule has 28 heavy (non-hydrogen) atoms. The van der Waals surface area contributed by atoms with Crippen molar-refractivity contribution >= 4 is 36.4 Å². The van der Waals surface area contributed by atoms with Gasteiger partial charge in [0.15, 0.2) is 0 Å². The summed E-state index contributed by atoms with van der Waals surface area (Å²) in [5.74, 6) is -0.226. The second kappa shape index (κ2) is 10.6. The number of aryl methyl sites for hydroxylation is 1. The third kappa shape index (κ3) is 6.16. The SMILES string of the molecule is Cc1cccc(Cl)c1[C@@H](c1ccc(OC(F)(F)F)cc1)N1CCNCC1.Cl.Cl. The van der Waals surface area contributed by atoms with Crippen molar-refractivity contribution in [1.29, 1.82) is 0 Å². The fourth-order valence-corrected chi connectivity index (χ4v) is 3.67. The molecule has 0 amide bonds. The molecular formula is C19H22Cl3F3N2O.